The first-order chi connectivity index (χ1) is 14.5. The van der Waals surface area contributed by atoms with Crippen molar-refractivity contribution in [1.29, 1.82) is 0 Å². The SMILES string of the molecule is CCOC(=O)C[C@H](O)C1CCCN1C(=O)[C@@H]1CCCN1C(=O)NCc1ccccc1. The summed E-state index contributed by atoms with van der Waals surface area (Å²) < 4.78 is 4.92. The number of likely N-dealkylation sites (tertiary alicyclic amines) is 2. The maximum Gasteiger partial charge on any atom is 0.318 e. The summed E-state index contributed by atoms with van der Waals surface area (Å²) in [5.41, 5.74) is 0.995. The van der Waals surface area contributed by atoms with Crippen LogP contribution < -0.4 is 5.32 Å². The van der Waals surface area contributed by atoms with Crippen molar-refractivity contribution in [3.8, 4) is 0 Å². The van der Waals surface area contributed by atoms with Crippen LogP contribution in [0.4, 0.5) is 4.79 Å². The highest BCUT2D eigenvalue weighted by Crippen LogP contribution is 2.27. The zero-order valence-corrected chi connectivity index (χ0v) is 17.5. The van der Waals surface area contributed by atoms with Crippen molar-refractivity contribution in [1.82, 2.24) is 15.1 Å². The first kappa shape index (κ1) is 22.1. The molecule has 0 aromatic heterocycles. The standard InChI is InChI=1S/C22H31N3O5/c1-2-30-20(27)14-19(26)17-10-6-12-24(17)21(28)18-11-7-13-25(18)22(29)23-15-16-8-4-3-5-9-16/h3-5,8-9,17-19,26H,2,6-7,10-15H2,1H3,(H,23,29)/t17?,18-,19-/m0/s1. The molecule has 2 heterocycles. The second-order valence-electron chi connectivity index (χ2n) is 7.81. The number of carbonyl (C=O) groups excluding carboxylic acids is 3. The molecule has 3 rings (SSSR count). The third-order valence-electron chi connectivity index (χ3n) is 5.79. The summed E-state index contributed by atoms with van der Waals surface area (Å²) in [5.74, 6) is -0.611. The second kappa shape index (κ2) is 10.4. The van der Waals surface area contributed by atoms with Gasteiger partial charge in [-0.05, 0) is 38.2 Å². The van der Waals surface area contributed by atoms with Gasteiger partial charge in [0.2, 0.25) is 5.91 Å². The average molecular weight is 418 g/mol. The molecule has 30 heavy (non-hydrogen) atoms. The fourth-order valence-electron chi connectivity index (χ4n) is 4.33. The Morgan fingerprint density at radius 1 is 1.13 bits per heavy atom. The quantitative estimate of drug-likeness (QED) is 0.658. The molecule has 3 amide bonds. The predicted octanol–water partition coefficient (Wildman–Crippen LogP) is 1.67. The predicted molar refractivity (Wildman–Crippen MR) is 110 cm³/mol. The number of esters is 1. The highest BCUT2D eigenvalue weighted by molar-refractivity contribution is 5.88. The second-order valence-corrected chi connectivity index (χ2v) is 7.81. The molecular weight excluding hydrogens is 386 g/mol. The number of nitrogens with one attached hydrogen (secondary N) is 1. The number of aliphatic hydroxyl groups is 1. The summed E-state index contributed by atoms with van der Waals surface area (Å²) in [5, 5.41) is 13.4. The lowest BCUT2D eigenvalue weighted by molar-refractivity contribution is -0.148. The van der Waals surface area contributed by atoms with E-state index >= 15 is 0 Å². The van der Waals surface area contributed by atoms with E-state index in [1.54, 1.807) is 16.7 Å². The van der Waals surface area contributed by atoms with Crippen molar-refractivity contribution in [3.63, 3.8) is 0 Å². The Morgan fingerprint density at radius 2 is 1.83 bits per heavy atom. The minimum atomic E-state index is -0.961. The Balaban J connectivity index is 1.59. The molecular formula is C22H31N3O5. The van der Waals surface area contributed by atoms with E-state index in [2.05, 4.69) is 5.32 Å². The van der Waals surface area contributed by atoms with Crippen LogP contribution in [0.2, 0.25) is 0 Å². The lowest BCUT2D eigenvalue weighted by atomic mass is 10.0. The molecule has 0 bridgehead atoms. The first-order valence-electron chi connectivity index (χ1n) is 10.7. The van der Waals surface area contributed by atoms with Crippen LogP contribution in [-0.4, -0.2) is 70.7 Å². The summed E-state index contributed by atoms with van der Waals surface area (Å²) in [6.45, 7) is 3.43. The number of aliphatic hydroxyl groups excluding tert-OH is 1. The zero-order chi connectivity index (χ0) is 21.5. The first-order valence-corrected chi connectivity index (χ1v) is 10.7. The van der Waals surface area contributed by atoms with Crippen LogP contribution in [-0.2, 0) is 20.9 Å². The molecule has 0 radical (unpaired) electrons. The third-order valence-corrected chi connectivity index (χ3v) is 5.79. The van der Waals surface area contributed by atoms with E-state index in [1.165, 1.54) is 0 Å². The molecule has 1 aromatic carbocycles. The van der Waals surface area contributed by atoms with E-state index in [4.69, 9.17) is 4.74 Å². The molecule has 0 aliphatic carbocycles. The van der Waals surface area contributed by atoms with Crippen molar-refractivity contribution in [2.75, 3.05) is 19.7 Å². The molecule has 3 atom stereocenters. The van der Waals surface area contributed by atoms with Crippen LogP contribution in [0, 0.1) is 0 Å². The largest absolute Gasteiger partial charge is 0.466 e. The molecule has 2 fully saturated rings. The van der Waals surface area contributed by atoms with Crippen LogP contribution in [0.1, 0.15) is 44.6 Å². The number of carbonyl (C=O) groups is 3. The number of ether oxygens (including phenoxy) is 1. The van der Waals surface area contributed by atoms with Crippen molar-refractivity contribution >= 4 is 17.9 Å². The number of hydrogen-bond donors (Lipinski definition) is 2. The molecule has 8 nitrogen and oxygen atoms in total. The van der Waals surface area contributed by atoms with Crippen LogP contribution in [0.3, 0.4) is 0 Å². The van der Waals surface area contributed by atoms with Crippen molar-refractivity contribution in [2.45, 2.75) is 63.8 Å². The monoisotopic (exact) mass is 417 g/mol. The van der Waals surface area contributed by atoms with Gasteiger partial charge >= 0.3 is 12.0 Å². The zero-order valence-electron chi connectivity index (χ0n) is 17.5. The number of benzene rings is 1. The van der Waals surface area contributed by atoms with Gasteiger partial charge in [0, 0.05) is 19.6 Å². The molecule has 2 aliphatic rings. The minimum absolute atomic E-state index is 0.131. The molecule has 1 unspecified atom stereocenters. The number of amides is 3. The lowest BCUT2D eigenvalue weighted by Crippen LogP contribution is -2.53. The van der Waals surface area contributed by atoms with Gasteiger partial charge in [-0.3, -0.25) is 9.59 Å². The van der Waals surface area contributed by atoms with Crippen LogP contribution in [0.15, 0.2) is 30.3 Å². The minimum Gasteiger partial charge on any atom is -0.466 e. The Hall–Kier alpha value is -2.61. The normalized spacial score (nSPS) is 22.1. The number of hydrogen-bond acceptors (Lipinski definition) is 5. The molecule has 8 heteroatoms. The smallest absolute Gasteiger partial charge is 0.318 e. The summed E-state index contributed by atoms with van der Waals surface area (Å²) >= 11 is 0. The molecule has 0 spiro atoms. The fraction of sp³-hybridized carbons (Fsp3) is 0.591. The molecule has 164 valence electrons. The van der Waals surface area contributed by atoms with Crippen LogP contribution in [0.25, 0.3) is 0 Å². The summed E-state index contributed by atoms with van der Waals surface area (Å²) in [4.78, 5) is 40.9. The topological polar surface area (TPSA) is 99.2 Å². The summed E-state index contributed by atoms with van der Waals surface area (Å²) in [7, 11) is 0. The number of urea groups is 1. The maximum atomic E-state index is 13.2. The van der Waals surface area contributed by atoms with Crippen molar-refractivity contribution in [3.05, 3.63) is 35.9 Å². The van der Waals surface area contributed by atoms with Gasteiger partial charge in [0.25, 0.3) is 0 Å². The van der Waals surface area contributed by atoms with E-state index in [0.717, 1.165) is 18.4 Å². The lowest BCUT2D eigenvalue weighted by Gasteiger charge is -2.33. The fourth-order valence-corrected chi connectivity index (χ4v) is 4.33. The summed E-state index contributed by atoms with van der Waals surface area (Å²) in [6.07, 6.45) is 1.68. The van der Waals surface area contributed by atoms with Crippen LogP contribution >= 0.6 is 0 Å². The third kappa shape index (κ3) is 5.30. The van der Waals surface area contributed by atoms with Gasteiger partial charge in [0.05, 0.1) is 25.2 Å². The average Bonchev–Trinajstić information content (AvgIpc) is 3.42. The van der Waals surface area contributed by atoms with E-state index in [0.29, 0.717) is 32.5 Å². The van der Waals surface area contributed by atoms with E-state index in [9.17, 15) is 19.5 Å². The maximum absolute atomic E-state index is 13.2. The Kier molecular flexibility index (Phi) is 7.68. The Bertz CT molecular complexity index is 742. The Labute approximate surface area is 177 Å². The molecule has 2 saturated heterocycles. The summed E-state index contributed by atoms with van der Waals surface area (Å²) in [6, 6.07) is 8.42. The van der Waals surface area contributed by atoms with E-state index in [-0.39, 0.29) is 25.0 Å². The molecule has 0 saturated carbocycles. The van der Waals surface area contributed by atoms with Gasteiger partial charge in [-0.1, -0.05) is 30.3 Å². The molecule has 2 N–H and O–H groups in total. The van der Waals surface area contributed by atoms with Gasteiger partial charge in [-0.15, -0.1) is 0 Å². The van der Waals surface area contributed by atoms with Gasteiger partial charge in [0.15, 0.2) is 0 Å². The van der Waals surface area contributed by atoms with Gasteiger partial charge < -0.3 is 25.0 Å². The van der Waals surface area contributed by atoms with Crippen LogP contribution in [0.5, 0.6) is 0 Å². The highest BCUT2D eigenvalue weighted by atomic mass is 16.5. The van der Waals surface area contributed by atoms with Gasteiger partial charge in [-0.25, -0.2) is 4.79 Å². The van der Waals surface area contributed by atoms with E-state index < -0.39 is 24.2 Å². The van der Waals surface area contributed by atoms with Gasteiger partial charge in [-0.2, -0.15) is 0 Å². The van der Waals surface area contributed by atoms with Crippen molar-refractivity contribution in [2.24, 2.45) is 0 Å². The number of rotatable bonds is 7. The number of nitrogens with zero attached hydrogens (tertiary/aromatic N) is 2. The van der Waals surface area contributed by atoms with E-state index in [1.807, 2.05) is 30.3 Å². The highest BCUT2D eigenvalue weighted by Gasteiger charge is 2.42. The molecule has 2 aliphatic heterocycles. The van der Waals surface area contributed by atoms with Gasteiger partial charge in [0.1, 0.15) is 6.04 Å². The van der Waals surface area contributed by atoms with Crippen molar-refractivity contribution < 1.29 is 24.2 Å². The Morgan fingerprint density at radius 3 is 2.57 bits per heavy atom. The molecule has 1 aromatic rings.